The summed E-state index contributed by atoms with van der Waals surface area (Å²) in [6, 6.07) is 12.6. The van der Waals surface area contributed by atoms with Crippen LogP contribution < -0.4 is 10.1 Å². The van der Waals surface area contributed by atoms with Gasteiger partial charge in [-0.05, 0) is 55.8 Å². The van der Waals surface area contributed by atoms with Crippen LogP contribution in [-0.4, -0.2) is 44.9 Å². The quantitative estimate of drug-likeness (QED) is 0.671. The van der Waals surface area contributed by atoms with E-state index in [1.165, 1.54) is 18.4 Å². The average Bonchev–Trinajstić information content (AvgIpc) is 3.33. The molecule has 1 aliphatic rings. The van der Waals surface area contributed by atoms with Gasteiger partial charge in [-0.3, -0.25) is 4.90 Å². The lowest BCUT2D eigenvalue weighted by atomic mass is 10.1. The second kappa shape index (κ2) is 9.61. The summed E-state index contributed by atoms with van der Waals surface area (Å²) in [6.07, 6.45) is 4.31. The Bertz CT molecular complexity index is 609. The van der Waals surface area contributed by atoms with Crippen molar-refractivity contribution in [3.8, 4) is 5.75 Å². The van der Waals surface area contributed by atoms with E-state index in [1.807, 2.05) is 18.2 Å². The highest BCUT2D eigenvalue weighted by Gasteiger charge is 2.24. The molecule has 1 aromatic heterocycles. The number of ether oxygens (including phenoxy) is 2. The van der Waals surface area contributed by atoms with Crippen LogP contribution in [0, 0.1) is 0 Å². The molecule has 1 aliphatic heterocycles. The van der Waals surface area contributed by atoms with E-state index in [9.17, 15) is 0 Å². The Morgan fingerprint density at radius 2 is 2.04 bits per heavy atom. The Labute approximate surface area is 149 Å². The molecular weight excluding hydrogens is 316 g/mol. The summed E-state index contributed by atoms with van der Waals surface area (Å²) >= 11 is 0. The monoisotopic (exact) mass is 344 g/mol. The first-order chi connectivity index (χ1) is 12.4. The summed E-state index contributed by atoms with van der Waals surface area (Å²) in [4.78, 5) is 2.51. The van der Waals surface area contributed by atoms with E-state index in [0.717, 1.165) is 37.7 Å². The zero-order chi connectivity index (χ0) is 17.3. The van der Waals surface area contributed by atoms with Crippen LogP contribution in [0.2, 0.25) is 0 Å². The summed E-state index contributed by atoms with van der Waals surface area (Å²) in [5.74, 6) is 1.93. The highest BCUT2D eigenvalue weighted by Crippen LogP contribution is 2.25. The summed E-state index contributed by atoms with van der Waals surface area (Å²) in [5.41, 5.74) is 1.22. The molecule has 3 rings (SSSR count). The zero-order valence-electron chi connectivity index (χ0n) is 14.9. The fourth-order valence-corrected chi connectivity index (χ4v) is 3.29. The fraction of sp³-hybridized carbons (Fsp3) is 0.500. The third-order valence-electron chi connectivity index (χ3n) is 4.57. The molecule has 5 nitrogen and oxygen atoms in total. The van der Waals surface area contributed by atoms with E-state index in [4.69, 9.17) is 13.9 Å². The molecule has 0 bridgehead atoms. The van der Waals surface area contributed by atoms with Gasteiger partial charge in [-0.1, -0.05) is 12.1 Å². The first-order valence-corrected chi connectivity index (χ1v) is 9.05. The molecule has 0 radical (unpaired) electrons. The van der Waals surface area contributed by atoms with E-state index in [-0.39, 0.29) is 0 Å². The van der Waals surface area contributed by atoms with E-state index < -0.39 is 0 Å². The van der Waals surface area contributed by atoms with Crippen molar-refractivity contribution in [2.24, 2.45) is 0 Å². The molecule has 1 saturated heterocycles. The van der Waals surface area contributed by atoms with Crippen LogP contribution in [-0.2, 0) is 11.3 Å². The number of hydrogen-bond acceptors (Lipinski definition) is 5. The molecule has 1 N–H and O–H groups in total. The average molecular weight is 344 g/mol. The minimum absolute atomic E-state index is 0.304. The van der Waals surface area contributed by atoms with Crippen LogP contribution in [0.5, 0.6) is 5.75 Å². The van der Waals surface area contributed by atoms with Crippen LogP contribution in [0.15, 0.2) is 47.1 Å². The first kappa shape index (κ1) is 18.0. The van der Waals surface area contributed by atoms with Gasteiger partial charge in [-0.15, -0.1) is 0 Å². The van der Waals surface area contributed by atoms with Crippen LogP contribution >= 0.6 is 0 Å². The van der Waals surface area contributed by atoms with Gasteiger partial charge >= 0.3 is 0 Å². The molecular formula is C20H28N2O3. The number of hydrogen-bond donors (Lipinski definition) is 1. The maximum atomic E-state index is 5.68. The van der Waals surface area contributed by atoms with Crippen molar-refractivity contribution in [2.75, 3.05) is 40.0 Å². The smallest absolute Gasteiger partial charge is 0.122 e. The second-order valence-corrected chi connectivity index (χ2v) is 6.39. The van der Waals surface area contributed by atoms with Crippen LogP contribution in [0.3, 0.4) is 0 Å². The highest BCUT2D eigenvalue weighted by atomic mass is 16.5. The normalized spacial score (nSPS) is 16.2. The van der Waals surface area contributed by atoms with Crippen molar-refractivity contribution in [3.63, 3.8) is 0 Å². The third kappa shape index (κ3) is 5.33. The summed E-state index contributed by atoms with van der Waals surface area (Å²) in [5, 5.41) is 3.58. The molecule has 0 saturated carbocycles. The molecule has 5 heteroatoms. The van der Waals surface area contributed by atoms with Gasteiger partial charge in [0.05, 0.1) is 18.9 Å². The Morgan fingerprint density at radius 3 is 2.80 bits per heavy atom. The lowest BCUT2D eigenvalue weighted by Crippen LogP contribution is -2.33. The number of methoxy groups -OCH3 is 1. The fourth-order valence-electron chi connectivity index (χ4n) is 3.29. The molecule has 0 aliphatic carbocycles. The van der Waals surface area contributed by atoms with Gasteiger partial charge in [0, 0.05) is 20.2 Å². The molecule has 1 atom stereocenters. The number of rotatable bonds is 10. The molecule has 25 heavy (non-hydrogen) atoms. The molecule has 0 spiro atoms. The Kier molecular flexibility index (Phi) is 6.91. The van der Waals surface area contributed by atoms with Crippen molar-refractivity contribution < 1.29 is 13.9 Å². The lowest BCUT2D eigenvalue weighted by molar-refractivity contribution is 0.146. The Hall–Kier alpha value is -1.82. The molecule has 136 valence electrons. The molecule has 2 heterocycles. The molecule has 1 unspecified atom stereocenters. The number of benzene rings is 1. The Morgan fingerprint density at radius 1 is 1.16 bits per heavy atom. The summed E-state index contributed by atoms with van der Waals surface area (Å²) in [6.45, 7) is 5.16. The van der Waals surface area contributed by atoms with E-state index in [2.05, 4.69) is 28.4 Å². The third-order valence-corrected chi connectivity index (χ3v) is 4.57. The number of nitrogens with zero attached hydrogens (tertiary/aromatic N) is 1. The molecule has 2 aromatic rings. The highest BCUT2D eigenvalue weighted by molar-refractivity contribution is 5.28. The van der Waals surface area contributed by atoms with Crippen LogP contribution in [0.25, 0.3) is 0 Å². The van der Waals surface area contributed by atoms with Crippen molar-refractivity contribution in [1.29, 1.82) is 0 Å². The standard InChI is InChI=1S/C20H28N2O3/c1-23-12-13-24-18-7-4-6-17(14-18)15-21-16-19(20-8-5-11-25-20)22-9-2-3-10-22/h4-8,11,14,19,21H,2-3,9-10,12-13,15-16H2,1H3. The SMILES string of the molecule is COCCOc1cccc(CNCC(c2ccco2)N2CCCC2)c1. The van der Waals surface area contributed by atoms with E-state index in [1.54, 1.807) is 13.4 Å². The number of likely N-dealkylation sites (tertiary alicyclic amines) is 1. The topological polar surface area (TPSA) is 46.9 Å². The minimum Gasteiger partial charge on any atom is -0.491 e. The van der Waals surface area contributed by atoms with Gasteiger partial charge in [-0.2, -0.15) is 0 Å². The number of nitrogens with one attached hydrogen (secondary N) is 1. The van der Waals surface area contributed by atoms with Crippen LogP contribution in [0.1, 0.15) is 30.2 Å². The number of furan rings is 1. The van der Waals surface area contributed by atoms with Crippen molar-refractivity contribution in [2.45, 2.75) is 25.4 Å². The van der Waals surface area contributed by atoms with Gasteiger partial charge < -0.3 is 19.2 Å². The Balaban J connectivity index is 1.52. The predicted molar refractivity (Wildman–Crippen MR) is 97.8 cm³/mol. The summed E-state index contributed by atoms with van der Waals surface area (Å²) in [7, 11) is 1.68. The summed E-state index contributed by atoms with van der Waals surface area (Å²) < 4.78 is 16.4. The molecule has 0 amide bonds. The van der Waals surface area contributed by atoms with Gasteiger partial charge in [0.1, 0.15) is 18.1 Å². The van der Waals surface area contributed by atoms with Crippen molar-refractivity contribution >= 4 is 0 Å². The maximum absolute atomic E-state index is 5.68. The van der Waals surface area contributed by atoms with E-state index >= 15 is 0 Å². The van der Waals surface area contributed by atoms with Gasteiger partial charge in [0.2, 0.25) is 0 Å². The molecule has 1 aromatic carbocycles. The van der Waals surface area contributed by atoms with Gasteiger partial charge in [0.15, 0.2) is 0 Å². The van der Waals surface area contributed by atoms with Crippen LogP contribution in [0.4, 0.5) is 0 Å². The zero-order valence-corrected chi connectivity index (χ0v) is 14.9. The second-order valence-electron chi connectivity index (χ2n) is 6.39. The largest absolute Gasteiger partial charge is 0.491 e. The molecule has 1 fully saturated rings. The van der Waals surface area contributed by atoms with E-state index in [0.29, 0.717) is 19.3 Å². The van der Waals surface area contributed by atoms with Gasteiger partial charge in [0.25, 0.3) is 0 Å². The van der Waals surface area contributed by atoms with Gasteiger partial charge in [-0.25, -0.2) is 0 Å². The lowest BCUT2D eigenvalue weighted by Gasteiger charge is -2.26. The van der Waals surface area contributed by atoms with Crippen molar-refractivity contribution in [1.82, 2.24) is 10.2 Å². The maximum Gasteiger partial charge on any atom is 0.122 e. The minimum atomic E-state index is 0.304. The predicted octanol–water partition coefficient (Wildman–Crippen LogP) is 3.23. The van der Waals surface area contributed by atoms with Crippen molar-refractivity contribution in [3.05, 3.63) is 54.0 Å². The first-order valence-electron chi connectivity index (χ1n) is 9.05.